The maximum Gasteiger partial charge on any atom is 0.326 e. The van der Waals surface area contributed by atoms with Crippen LogP contribution >= 0.6 is 0 Å². The highest BCUT2D eigenvalue weighted by molar-refractivity contribution is 6.08. The molecule has 4 aromatic carbocycles. The van der Waals surface area contributed by atoms with Crippen molar-refractivity contribution in [2.75, 3.05) is 10.2 Å². The number of urea groups is 1. The van der Waals surface area contributed by atoms with Crippen LogP contribution in [0.1, 0.15) is 63.1 Å². The second kappa shape index (κ2) is 10.7. The Kier molecular flexibility index (Phi) is 7.24. The van der Waals surface area contributed by atoms with E-state index >= 15 is 0 Å². The molecule has 4 heteroatoms. The molecule has 0 saturated carbocycles. The zero-order valence-electron chi connectivity index (χ0n) is 23.0. The van der Waals surface area contributed by atoms with E-state index in [1.54, 1.807) is 0 Å². The Hall–Kier alpha value is -4.05. The number of anilines is 2. The molecule has 0 saturated heterocycles. The Balaban J connectivity index is 1.55. The van der Waals surface area contributed by atoms with E-state index in [4.69, 9.17) is 0 Å². The fourth-order valence-corrected chi connectivity index (χ4v) is 5.48. The van der Waals surface area contributed by atoms with Crippen LogP contribution in [-0.2, 0) is 13.1 Å². The molecule has 1 aromatic heterocycles. The van der Waals surface area contributed by atoms with Gasteiger partial charge >= 0.3 is 6.03 Å². The van der Waals surface area contributed by atoms with Crippen LogP contribution < -0.4 is 10.2 Å². The number of carbonyl (C=O) groups is 1. The number of nitrogens with zero attached hydrogens (tertiary/aromatic N) is 2. The molecular weight excluding hydrogens is 466 g/mol. The summed E-state index contributed by atoms with van der Waals surface area (Å²) in [7, 11) is 0. The zero-order valence-corrected chi connectivity index (χ0v) is 23.0. The van der Waals surface area contributed by atoms with Gasteiger partial charge in [0.15, 0.2) is 0 Å². The van der Waals surface area contributed by atoms with Gasteiger partial charge in [0.1, 0.15) is 0 Å². The lowest BCUT2D eigenvalue weighted by molar-refractivity contribution is 0.256. The van der Waals surface area contributed by atoms with Crippen molar-refractivity contribution < 1.29 is 4.79 Å². The van der Waals surface area contributed by atoms with Crippen molar-refractivity contribution in [2.45, 2.75) is 59.5 Å². The molecular formula is C34H37N3O. The monoisotopic (exact) mass is 503 g/mol. The second-order valence-electron chi connectivity index (χ2n) is 10.6. The predicted octanol–water partition coefficient (Wildman–Crippen LogP) is 9.30. The molecule has 0 unspecified atom stereocenters. The van der Waals surface area contributed by atoms with Gasteiger partial charge in [-0.25, -0.2) is 4.79 Å². The fourth-order valence-electron chi connectivity index (χ4n) is 5.48. The molecule has 0 radical (unpaired) electrons. The normalized spacial score (nSPS) is 11.6. The van der Waals surface area contributed by atoms with Crippen molar-refractivity contribution in [1.29, 1.82) is 0 Å². The molecule has 1 N–H and O–H groups in total. The van der Waals surface area contributed by atoms with Gasteiger partial charge in [-0.05, 0) is 65.8 Å². The van der Waals surface area contributed by atoms with Crippen molar-refractivity contribution in [2.24, 2.45) is 0 Å². The number of benzene rings is 4. The first-order chi connectivity index (χ1) is 18.4. The minimum absolute atomic E-state index is 0.123. The Morgan fingerprint density at radius 1 is 0.763 bits per heavy atom. The second-order valence-corrected chi connectivity index (χ2v) is 10.6. The minimum atomic E-state index is -0.123. The molecule has 5 aromatic rings. The molecule has 0 aliphatic rings. The summed E-state index contributed by atoms with van der Waals surface area (Å²) in [5.41, 5.74) is 7.68. The lowest BCUT2D eigenvalue weighted by atomic mass is 9.93. The summed E-state index contributed by atoms with van der Waals surface area (Å²) in [6, 6.07) is 31.3. The first kappa shape index (κ1) is 25.6. The summed E-state index contributed by atoms with van der Waals surface area (Å²) in [5, 5.41) is 5.79. The van der Waals surface area contributed by atoms with Crippen molar-refractivity contribution in [3.8, 4) is 0 Å². The highest BCUT2D eigenvalue weighted by atomic mass is 16.2. The highest BCUT2D eigenvalue weighted by Crippen LogP contribution is 2.34. The average Bonchev–Trinajstić information content (AvgIpc) is 3.25. The number of hydrogen-bond acceptors (Lipinski definition) is 1. The van der Waals surface area contributed by atoms with Gasteiger partial charge in [0.25, 0.3) is 0 Å². The summed E-state index contributed by atoms with van der Waals surface area (Å²) in [4.78, 5) is 15.9. The van der Waals surface area contributed by atoms with E-state index in [1.165, 1.54) is 21.8 Å². The highest BCUT2D eigenvalue weighted by Gasteiger charge is 2.22. The molecule has 5 rings (SSSR count). The number of aryl methyl sites for hydroxylation is 1. The van der Waals surface area contributed by atoms with E-state index in [9.17, 15) is 4.79 Å². The van der Waals surface area contributed by atoms with E-state index in [1.807, 2.05) is 35.2 Å². The Bertz CT molecular complexity index is 1550. The Morgan fingerprint density at radius 2 is 1.39 bits per heavy atom. The molecule has 0 atom stereocenters. The summed E-state index contributed by atoms with van der Waals surface area (Å²) in [5.74, 6) is 0.597. The van der Waals surface area contributed by atoms with Crippen molar-refractivity contribution in [3.05, 3.63) is 108 Å². The largest absolute Gasteiger partial charge is 0.341 e. The van der Waals surface area contributed by atoms with E-state index in [2.05, 4.69) is 105 Å². The van der Waals surface area contributed by atoms with Crippen LogP contribution in [0.4, 0.5) is 16.2 Å². The summed E-state index contributed by atoms with van der Waals surface area (Å²) in [6.45, 7) is 12.3. The fraction of sp³-hybridized carbons (Fsp3) is 0.265. The topological polar surface area (TPSA) is 37.3 Å². The molecule has 0 fully saturated rings. The Morgan fingerprint density at radius 3 is 2.05 bits per heavy atom. The average molecular weight is 504 g/mol. The van der Waals surface area contributed by atoms with Crippen LogP contribution in [-0.4, -0.2) is 10.6 Å². The predicted molar refractivity (Wildman–Crippen MR) is 161 cm³/mol. The molecule has 194 valence electrons. The number of para-hydroxylation sites is 3. The molecule has 0 aliphatic carbocycles. The quantitative estimate of drug-likeness (QED) is 0.236. The third kappa shape index (κ3) is 4.79. The molecule has 38 heavy (non-hydrogen) atoms. The van der Waals surface area contributed by atoms with Crippen molar-refractivity contribution in [1.82, 2.24) is 4.57 Å². The minimum Gasteiger partial charge on any atom is -0.341 e. The lowest BCUT2D eigenvalue weighted by Gasteiger charge is -2.26. The van der Waals surface area contributed by atoms with Crippen LogP contribution in [0.5, 0.6) is 0 Å². The molecule has 0 bridgehead atoms. The summed E-state index contributed by atoms with van der Waals surface area (Å²) < 4.78 is 2.35. The number of fused-ring (bicyclic) bond motifs is 3. The number of amides is 2. The Labute approximate surface area is 225 Å². The van der Waals surface area contributed by atoms with Gasteiger partial charge in [-0.1, -0.05) is 88.4 Å². The number of nitrogens with one attached hydrogen (secondary N) is 1. The molecule has 1 heterocycles. The van der Waals surface area contributed by atoms with E-state index in [0.29, 0.717) is 18.4 Å². The standard InChI is InChI=1S/C34H37N3O/c1-6-36-31-18-11-10-15-29(31)30-21-25(19-20-32(30)36)22-37(26-13-8-7-9-14-26)34(38)35-33-27(23(2)3)16-12-17-28(33)24(4)5/h7-21,23-24H,6,22H2,1-5H3,(H,35,38). The van der Waals surface area contributed by atoms with Crippen LogP contribution in [0.3, 0.4) is 0 Å². The summed E-state index contributed by atoms with van der Waals surface area (Å²) >= 11 is 0. The number of carbonyl (C=O) groups excluding carboxylic acids is 1. The molecule has 4 nitrogen and oxygen atoms in total. The number of rotatable bonds is 7. The van der Waals surface area contributed by atoms with E-state index in [0.717, 1.165) is 34.6 Å². The van der Waals surface area contributed by atoms with Gasteiger partial charge in [0.05, 0.1) is 6.54 Å². The van der Waals surface area contributed by atoms with Gasteiger partial charge in [-0.2, -0.15) is 0 Å². The van der Waals surface area contributed by atoms with Crippen LogP contribution in [0.25, 0.3) is 21.8 Å². The van der Waals surface area contributed by atoms with Gasteiger partial charge in [-0.3, -0.25) is 4.90 Å². The summed E-state index contributed by atoms with van der Waals surface area (Å²) in [6.07, 6.45) is 0. The van der Waals surface area contributed by atoms with Crippen molar-refractivity contribution in [3.63, 3.8) is 0 Å². The van der Waals surface area contributed by atoms with Crippen LogP contribution in [0, 0.1) is 0 Å². The maximum atomic E-state index is 14.0. The first-order valence-corrected chi connectivity index (χ1v) is 13.6. The van der Waals surface area contributed by atoms with Crippen LogP contribution in [0.2, 0.25) is 0 Å². The van der Waals surface area contributed by atoms with Gasteiger partial charge in [0, 0.05) is 39.7 Å². The number of aromatic nitrogens is 1. The first-order valence-electron chi connectivity index (χ1n) is 13.6. The van der Waals surface area contributed by atoms with Crippen molar-refractivity contribution >= 4 is 39.2 Å². The van der Waals surface area contributed by atoms with Gasteiger partial charge < -0.3 is 9.88 Å². The third-order valence-electron chi connectivity index (χ3n) is 7.41. The molecule has 2 amide bonds. The van der Waals surface area contributed by atoms with Gasteiger partial charge in [-0.15, -0.1) is 0 Å². The third-order valence-corrected chi connectivity index (χ3v) is 7.41. The number of hydrogen-bond donors (Lipinski definition) is 1. The molecule has 0 spiro atoms. The maximum absolute atomic E-state index is 14.0. The van der Waals surface area contributed by atoms with Gasteiger partial charge in [0.2, 0.25) is 0 Å². The SMILES string of the molecule is CCn1c2ccccc2c2cc(CN(C(=O)Nc3c(C(C)C)cccc3C(C)C)c3ccccc3)ccc21. The van der Waals surface area contributed by atoms with E-state index in [-0.39, 0.29) is 6.03 Å². The van der Waals surface area contributed by atoms with Crippen LogP contribution in [0.15, 0.2) is 91.0 Å². The van der Waals surface area contributed by atoms with E-state index < -0.39 is 0 Å². The smallest absolute Gasteiger partial charge is 0.326 e. The molecule has 0 aliphatic heterocycles. The zero-order chi connectivity index (χ0) is 26.8. The lowest BCUT2D eigenvalue weighted by Crippen LogP contribution is -2.35.